The highest BCUT2D eigenvalue weighted by atomic mass is 35.5. The van der Waals surface area contributed by atoms with Crippen LogP contribution in [0.2, 0.25) is 5.02 Å². The molecule has 1 aromatic carbocycles. The quantitative estimate of drug-likeness (QED) is 0.791. The lowest BCUT2D eigenvalue weighted by molar-refractivity contribution is -0.137. The Morgan fingerprint density at radius 3 is 2.70 bits per heavy atom. The summed E-state index contributed by atoms with van der Waals surface area (Å²) in [5, 5.41) is 18.3. The van der Waals surface area contributed by atoms with Crippen LogP contribution in [0.3, 0.4) is 0 Å². The molecule has 0 saturated heterocycles. The van der Waals surface area contributed by atoms with Crippen LogP contribution < -0.4 is 0 Å². The van der Waals surface area contributed by atoms with E-state index in [-0.39, 0.29) is 5.02 Å². The van der Waals surface area contributed by atoms with Gasteiger partial charge in [0.15, 0.2) is 0 Å². The molecule has 8 heteroatoms. The maximum atomic E-state index is 13.4. The minimum atomic E-state index is -1.36. The molecule has 122 valence electrons. The molecule has 0 radical (unpaired) electrons. The van der Waals surface area contributed by atoms with E-state index in [2.05, 4.69) is 4.99 Å². The molecule has 0 fully saturated rings. The average Bonchev–Trinajstić information content (AvgIpc) is 2.80. The predicted octanol–water partition coefficient (Wildman–Crippen LogP) is 2.82. The molecule has 6 nitrogen and oxygen atoms in total. The maximum Gasteiger partial charge on any atom is 0.350 e. The van der Waals surface area contributed by atoms with Gasteiger partial charge in [0.1, 0.15) is 11.5 Å². The summed E-state index contributed by atoms with van der Waals surface area (Å²) in [4.78, 5) is 25.6. The summed E-state index contributed by atoms with van der Waals surface area (Å²) in [5.74, 6) is -3.13. The number of benzene rings is 1. The van der Waals surface area contributed by atoms with Crippen molar-refractivity contribution in [1.82, 2.24) is 4.57 Å². The number of hydrogen-bond donors (Lipinski definition) is 2. The number of nitrogens with zero attached hydrogens (tertiary/aromatic N) is 2. The second-order valence-corrected chi connectivity index (χ2v) is 5.50. The van der Waals surface area contributed by atoms with E-state index in [9.17, 15) is 14.0 Å². The van der Waals surface area contributed by atoms with Crippen LogP contribution in [-0.4, -0.2) is 38.5 Å². The van der Waals surface area contributed by atoms with Crippen molar-refractivity contribution in [2.24, 2.45) is 4.99 Å². The Bertz CT molecular complexity index is 800. The summed E-state index contributed by atoms with van der Waals surface area (Å²) in [6.07, 6.45) is 1.06. The fraction of sp³-hybridized carbons (Fsp3) is 0.267. The molecule has 0 spiro atoms. The maximum absolute atomic E-state index is 13.4. The highest BCUT2D eigenvalue weighted by Crippen LogP contribution is 2.24. The zero-order valence-corrected chi connectivity index (χ0v) is 12.9. The molecule has 2 aromatic rings. The topological polar surface area (TPSA) is 91.9 Å². The van der Waals surface area contributed by atoms with Gasteiger partial charge in [0, 0.05) is 23.6 Å². The molecule has 23 heavy (non-hydrogen) atoms. The van der Waals surface area contributed by atoms with Gasteiger partial charge in [-0.3, -0.25) is 9.79 Å². The van der Waals surface area contributed by atoms with Crippen molar-refractivity contribution in [3.05, 3.63) is 35.2 Å². The predicted molar refractivity (Wildman–Crippen MR) is 83.7 cm³/mol. The summed E-state index contributed by atoms with van der Waals surface area (Å²) in [6.45, 7) is 1.98. The van der Waals surface area contributed by atoms with Crippen LogP contribution in [0.1, 0.15) is 13.3 Å². The molecule has 1 atom stereocenters. The van der Waals surface area contributed by atoms with Crippen LogP contribution in [-0.2, 0) is 16.1 Å². The normalized spacial score (nSPS) is 13.3. The fourth-order valence-corrected chi connectivity index (χ4v) is 2.41. The van der Waals surface area contributed by atoms with Gasteiger partial charge in [0.05, 0.1) is 17.5 Å². The Morgan fingerprint density at radius 1 is 1.39 bits per heavy atom. The van der Waals surface area contributed by atoms with Crippen molar-refractivity contribution in [3.8, 4) is 0 Å². The molecule has 0 aliphatic carbocycles. The molecular weight excluding hydrogens is 327 g/mol. The highest BCUT2D eigenvalue weighted by Gasteiger charge is 2.16. The van der Waals surface area contributed by atoms with Gasteiger partial charge in [-0.05, 0) is 25.1 Å². The number of hydrogen-bond acceptors (Lipinski definition) is 3. The third kappa shape index (κ3) is 4.07. The first-order chi connectivity index (χ1) is 10.8. The molecule has 2 rings (SSSR count). The van der Waals surface area contributed by atoms with Gasteiger partial charge >= 0.3 is 11.9 Å². The van der Waals surface area contributed by atoms with E-state index in [0.717, 1.165) is 0 Å². The Kier molecular flexibility index (Phi) is 5.00. The third-order valence-corrected chi connectivity index (χ3v) is 3.51. The van der Waals surface area contributed by atoms with Crippen molar-refractivity contribution in [2.45, 2.75) is 25.9 Å². The number of carboxylic acid groups (broad SMARTS) is 2. The first kappa shape index (κ1) is 17.0. The van der Waals surface area contributed by atoms with Gasteiger partial charge in [-0.25, -0.2) is 9.18 Å². The third-order valence-electron chi connectivity index (χ3n) is 3.22. The lowest BCUT2D eigenvalue weighted by atomic mass is 10.2. The van der Waals surface area contributed by atoms with Crippen LogP contribution in [0.5, 0.6) is 0 Å². The Labute approximate surface area is 135 Å². The van der Waals surface area contributed by atoms with Crippen molar-refractivity contribution in [2.75, 3.05) is 0 Å². The first-order valence-electron chi connectivity index (χ1n) is 6.73. The smallest absolute Gasteiger partial charge is 0.350 e. The number of rotatable bonds is 6. The number of aliphatic imine (C=N–C) groups is 1. The molecule has 1 aromatic heterocycles. The molecular formula is C15H14ClFN2O4. The molecule has 0 saturated carbocycles. The van der Waals surface area contributed by atoms with Crippen molar-refractivity contribution >= 4 is 40.2 Å². The number of halogens is 2. The molecule has 2 N–H and O–H groups in total. The van der Waals surface area contributed by atoms with E-state index in [0.29, 0.717) is 17.4 Å². The number of aliphatic carboxylic acids is 2. The van der Waals surface area contributed by atoms with Gasteiger partial charge in [-0.15, -0.1) is 0 Å². The van der Waals surface area contributed by atoms with E-state index in [4.69, 9.17) is 21.8 Å². The van der Waals surface area contributed by atoms with Crippen LogP contribution in [0, 0.1) is 5.82 Å². The Hall–Kier alpha value is -2.41. The molecule has 0 aliphatic rings. The SMILES string of the molecule is C[C@H](Cn1ccc2cc(F)c(Cl)cc21)N=C(CC(=O)O)C(=O)O. The van der Waals surface area contributed by atoms with Crippen LogP contribution in [0.15, 0.2) is 29.4 Å². The summed E-state index contributed by atoms with van der Waals surface area (Å²) in [7, 11) is 0. The van der Waals surface area contributed by atoms with Gasteiger partial charge in [0.2, 0.25) is 0 Å². The van der Waals surface area contributed by atoms with Crippen molar-refractivity contribution < 1.29 is 24.2 Å². The Morgan fingerprint density at radius 2 is 2.09 bits per heavy atom. The van der Waals surface area contributed by atoms with Crippen molar-refractivity contribution in [1.29, 1.82) is 0 Å². The standard InChI is InChI=1S/C15H14ClFN2O4/c1-8(18-12(15(22)23)6-14(20)21)7-19-3-2-9-4-11(17)10(16)5-13(9)19/h2-5,8H,6-7H2,1H3,(H,20,21)(H,22,23)/t8-/m1/s1. The summed E-state index contributed by atoms with van der Waals surface area (Å²) >= 11 is 5.78. The molecule has 0 amide bonds. The lowest BCUT2D eigenvalue weighted by Gasteiger charge is -2.11. The summed E-state index contributed by atoms with van der Waals surface area (Å²) in [5.41, 5.74) is 0.277. The zero-order valence-electron chi connectivity index (χ0n) is 12.2. The molecule has 0 aliphatic heterocycles. The monoisotopic (exact) mass is 340 g/mol. The minimum Gasteiger partial charge on any atom is -0.481 e. The largest absolute Gasteiger partial charge is 0.481 e. The lowest BCUT2D eigenvalue weighted by Crippen LogP contribution is -2.21. The number of carbonyl (C=O) groups is 2. The van der Waals surface area contributed by atoms with Crippen LogP contribution >= 0.6 is 11.6 Å². The van der Waals surface area contributed by atoms with Gasteiger partial charge in [0.25, 0.3) is 0 Å². The molecule has 0 bridgehead atoms. The zero-order chi connectivity index (χ0) is 17.1. The first-order valence-corrected chi connectivity index (χ1v) is 7.11. The average molecular weight is 341 g/mol. The molecule has 1 heterocycles. The minimum absolute atomic E-state index is 0.00861. The van der Waals surface area contributed by atoms with E-state index in [1.54, 1.807) is 23.8 Å². The highest BCUT2D eigenvalue weighted by molar-refractivity contribution is 6.38. The summed E-state index contributed by atoms with van der Waals surface area (Å²) < 4.78 is 15.2. The van der Waals surface area contributed by atoms with Gasteiger partial charge < -0.3 is 14.8 Å². The van der Waals surface area contributed by atoms with Gasteiger partial charge in [-0.2, -0.15) is 0 Å². The van der Waals surface area contributed by atoms with E-state index in [1.807, 2.05) is 0 Å². The second-order valence-electron chi connectivity index (χ2n) is 5.09. The van der Waals surface area contributed by atoms with Crippen LogP contribution in [0.4, 0.5) is 4.39 Å². The van der Waals surface area contributed by atoms with Crippen LogP contribution in [0.25, 0.3) is 10.9 Å². The number of aromatic nitrogens is 1. The van der Waals surface area contributed by atoms with E-state index < -0.39 is 35.9 Å². The number of carboxylic acids is 2. The van der Waals surface area contributed by atoms with Crippen molar-refractivity contribution in [3.63, 3.8) is 0 Å². The van der Waals surface area contributed by atoms with Gasteiger partial charge in [-0.1, -0.05) is 11.6 Å². The Balaban J connectivity index is 2.26. The molecule has 0 unspecified atom stereocenters. The van der Waals surface area contributed by atoms with E-state index in [1.165, 1.54) is 12.1 Å². The fourth-order valence-electron chi connectivity index (χ4n) is 2.25. The summed E-state index contributed by atoms with van der Waals surface area (Å²) in [6, 6.07) is 4.04. The number of fused-ring (bicyclic) bond motifs is 1. The second kappa shape index (κ2) is 6.78. The van der Waals surface area contributed by atoms with E-state index >= 15 is 0 Å².